The van der Waals surface area contributed by atoms with Gasteiger partial charge in [0.1, 0.15) is 0 Å². The van der Waals surface area contributed by atoms with Crippen LogP contribution in [0.3, 0.4) is 0 Å². The number of quaternary nitrogens is 1. The summed E-state index contributed by atoms with van der Waals surface area (Å²) >= 11 is 0. The fraction of sp³-hybridized carbons (Fsp3) is 1.00. The number of alkyl halides is 5. The second-order valence-corrected chi connectivity index (χ2v) is 4.42. The fourth-order valence-corrected chi connectivity index (χ4v) is 1.18. The van der Waals surface area contributed by atoms with Gasteiger partial charge in [0.25, 0.3) is 0 Å². The maximum absolute atomic E-state index is 12.4. The number of hydrogen-bond donors (Lipinski definition) is 1. The van der Waals surface area contributed by atoms with Gasteiger partial charge in [-0.3, -0.25) is 0 Å². The molecule has 0 aliphatic carbocycles. The van der Waals surface area contributed by atoms with Crippen molar-refractivity contribution < 1.29 is 34.9 Å². The maximum atomic E-state index is 12.4. The first-order valence-corrected chi connectivity index (χ1v) is 5.26. The average molecular weight is 273 g/mol. The minimum atomic E-state index is -5.78. The quantitative estimate of drug-likeness (QED) is 0.474. The molecule has 0 amide bonds. The van der Waals surface area contributed by atoms with Gasteiger partial charge < -0.3 is 10.7 Å². The van der Waals surface area contributed by atoms with Crippen LogP contribution in [-0.2, 0) is 10.1 Å². The molecule has 0 heterocycles. The van der Waals surface area contributed by atoms with Gasteiger partial charge in [0, 0.05) is 12.8 Å². The predicted molar refractivity (Wildman–Crippen MR) is 45.2 cm³/mol. The molecular weight excluding hydrogens is 261 g/mol. The van der Waals surface area contributed by atoms with Crippen LogP contribution in [0.4, 0.5) is 22.0 Å². The molecule has 0 aromatic carbocycles. The van der Waals surface area contributed by atoms with Crippen LogP contribution < -0.4 is 6.15 Å². The van der Waals surface area contributed by atoms with Crippen LogP contribution in [0.25, 0.3) is 0 Å². The monoisotopic (exact) mass is 273 g/mol. The van der Waals surface area contributed by atoms with Gasteiger partial charge in [0.2, 0.25) is 0 Å². The summed E-state index contributed by atoms with van der Waals surface area (Å²) < 4.78 is 89.1. The van der Waals surface area contributed by atoms with Gasteiger partial charge in [-0.05, 0) is 12.8 Å². The van der Waals surface area contributed by atoms with E-state index in [0.717, 1.165) is 0 Å². The molecule has 0 rings (SSSR count). The van der Waals surface area contributed by atoms with Crippen molar-refractivity contribution in [3.8, 4) is 0 Å². The van der Waals surface area contributed by atoms with E-state index in [1.54, 1.807) is 0 Å². The Morgan fingerprint density at radius 1 is 0.938 bits per heavy atom. The van der Waals surface area contributed by atoms with Crippen molar-refractivity contribution in [2.24, 2.45) is 0 Å². The molecule has 0 radical (unpaired) electrons. The lowest BCUT2D eigenvalue weighted by molar-refractivity contribution is -0.136. The minimum Gasteiger partial charge on any atom is -0.743 e. The molecule has 0 atom stereocenters. The van der Waals surface area contributed by atoms with Crippen molar-refractivity contribution in [3.05, 3.63) is 0 Å². The third-order valence-electron chi connectivity index (χ3n) is 1.54. The molecule has 0 saturated heterocycles. The van der Waals surface area contributed by atoms with Gasteiger partial charge in [0.05, 0.1) is 0 Å². The fourth-order valence-electron chi connectivity index (χ4n) is 0.781. The molecule has 0 aromatic rings. The first kappa shape index (κ1) is 17.9. The van der Waals surface area contributed by atoms with Crippen molar-refractivity contribution in [2.75, 3.05) is 0 Å². The molecule has 100 valence electrons. The topological polar surface area (TPSA) is 93.7 Å². The molecule has 0 aliphatic rings. The van der Waals surface area contributed by atoms with Crippen LogP contribution in [0.15, 0.2) is 0 Å². The Labute approximate surface area is 89.2 Å². The van der Waals surface area contributed by atoms with Crippen LogP contribution in [0.2, 0.25) is 0 Å². The largest absolute Gasteiger partial charge is 0.743 e. The van der Waals surface area contributed by atoms with E-state index in [-0.39, 0.29) is 6.15 Å². The van der Waals surface area contributed by atoms with Gasteiger partial charge in [0.15, 0.2) is 10.1 Å². The van der Waals surface area contributed by atoms with E-state index in [4.69, 9.17) is 0 Å². The standard InChI is InChI=1S/C6H9F5O3S.H3N/c7-5(8,9)3-1-2-4-6(10,11)15(12,13)14;/h1-4H2,(H,12,13,14);1H3. The predicted octanol–water partition coefficient (Wildman–Crippen LogP) is 2.62. The molecule has 16 heavy (non-hydrogen) atoms. The third-order valence-corrected chi connectivity index (χ3v) is 2.48. The summed E-state index contributed by atoms with van der Waals surface area (Å²) in [7, 11) is -5.78. The molecule has 0 bridgehead atoms. The highest BCUT2D eigenvalue weighted by Crippen LogP contribution is 2.29. The lowest BCUT2D eigenvalue weighted by atomic mass is 10.2. The highest BCUT2D eigenvalue weighted by molar-refractivity contribution is 7.86. The van der Waals surface area contributed by atoms with Crippen LogP contribution in [0.1, 0.15) is 25.7 Å². The lowest BCUT2D eigenvalue weighted by Crippen LogP contribution is -2.28. The van der Waals surface area contributed by atoms with E-state index >= 15 is 0 Å². The first-order valence-electron chi connectivity index (χ1n) is 3.86. The molecule has 4 nitrogen and oxygen atoms in total. The third kappa shape index (κ3) is 6.90. The van der Waals surface area contributed by atoms with Crippen molar-refractivity contribution in [1.82, 2.24) is 6.15 Å². The maximum Gasteiger partial charge on any atom is 0.389 e. The highest BCUT2D eigenvalue weighted by atomic mass is 32.2. The second-order valence-electron chi connectivity index (χ2n) is 2.91. The number of hydrogen-bond acceptors (Lipinski definition) is 3. The molecule has 4 N–H and O–H groups in total. The van der Waals surface area contributed by atoms with Crippen molar-refractivity contribution >= 4 is 10.1 Å². The zero-order valence-electron chi connectivity index (χ0n) is 8.35. The van der Waals surface area contributed by atoms with Gasteiger partial charge in [-0.15, -0.1) is 0 Å². The van der Waals surface area contributed by atoms with Crippen molar-refractivity contribution in [3.63, 3.8) is 0 Å². The Morgan fingerprint density at radius 2 is 1.31 bits per heavy atom. The average Bonchev–Trinajstić information content (AvgIpc) is 1.94. The van der Waals surface area contributed by atoms with Gasteiger partial charge in [-0.1, -0.05) is 0 Å². The Bertz CT molecular complexity index is 300. The molecule has 10 heteroatoms. The molecule has 0 spiro atoms. The molecular formula is C6H12F5NO3S. The Balaban J connectivity index is 0. The van der Waals surface area contributed by atoms with E-state index in [2.05, 4.69) is 0 Å². The van der Waals surface area contributed by atoms with Crippen LogP contribution in [0, 0.1) is 0 Å². The number of rotatable bonds is 5. The Morgan fingerprint density at radius 3 is 1.62 bits per heavy atom. The van der Waals surface area contributed by atoms with E-state index in [1.807, 2.05) is 0 Å². The van der Waals surface area contributed by atoms with E-state index < -0.39 is 47.2 Å². The Hall–Kier alpha value is -0.480. The van der Waals surface area contributed by atoms with Crippen LogP contribution in [0.5, 0.6) is 0 Å². The summed E-state index contributed by atoms with van der Waals surface area (Å²) in [6.45, 7) is 0. The van der Waals surface area contributed by atoms with Crippen LogP contribution >= 0.6 is 0 Å². The Kier molecular flexibility index (Phi) is 6.41. The summed E-state index contributed by atoms with van der Waals surface area (Å²) in [4.78, 5) is 0. The highest BCUT2D eigenvalue weighted by Gasteiger charge is 2.37. The summed E-state index contributed by atoms with van der Waals surface area (Å²) in [5, 5.41) is -4.49. The zero-order valence-corrected chi connectivity index (χ0v) is 9.17. The summed E-state index contributed by atoms with van der Waals surface area (Å²) in [6, 6.07) is 0. The second kappa shape index (κ2) is 5.73. The molecule has 0 unspecified atom stereocenters. The van der Waals surface area contributed by atoms with Crippen molar-refractivity contribution in [1.29, 1.82) is 0 Å². The van der Waals surface area contributed by atoms with E-state index in [1.165, 1.54) is 0 Å². The van der Waals surface area contributed by atoms with Gasteiger partial charge in [-0.2, -0.15) is 22.0 Å². The molecule has 0 aromatic heterocycles. The molecule has 0 saturated carbocycles. The van der Waals surface area contributed by atoms with E-state index in [9.17, 15) is 34.9 Å². The van der Waals surface area contributed by atoms with Gasteiger partial charge in [-0.25, -0.2) is 8.42 Å². The van der Waals surface area contributed by atoms with Gasteiger partial charge >= 0.3 is 11.4 Å². The normalized spacial score (nSPS) is 13.4. The molecule has 0 fully saturated rings. The van der Waals surface area contributed by atoms with Crippen molar-refractivity contribution in [2.45, 2.75) is 37.1 Å². The first-order chi connectivity index (χ1) is 6.46. The smallest absolute Gasteiger partial charge is 0.389 e. The summed E-state index contributed by atoms with van der Waals surface area (Å²) in [5.74, 6) is 0. The lowest BCUT2D eigenvalue weighted by Gasteiger charge is -2.19. The SMILES string of the molecule is O=S(=O)([O-])C(F)(F)CCCCC(F)(F)F.[NH4+]. The van der Waals surface area contributed by atoms with E-state index in [0.29, 0.717) is 0 Å². The molecule has 0 aliphatic heterocycles. The van der Waals surface area contributed by atoms with Crippen LogP contribution in [-0.4, -0.2) is 24.4 Å². The zero-order chi connectivity index (χ0) is 12.3. The summed E-state index contributed by atoms with van der Waals surface area (Å²) in [5.41, 5.74) is 0. The number of unbranched alkanes of at least 4 members (excludes halogenated alkanes) is 1. The minimum absolute atomic E-state index is 0. The summed E-state index contributed by atoms with van der Waals surface area (Å²) in [6.07, 6.45) is -8.43. The number of halogens is 5.